The van der Waals surface area contributed by atoms with Crippen LogP contribution in [0.5, 0.6) is 0 Å². The summed E-state index contributed by atoms with van der Waals surface area (Å²) < 4.78 is 5.61. The van der Waals surface area contributed by atoms with Crippen molar-refractivity contribution in [3.05, 3.63) is 51.5 Å². The minimum Gasteiger partial charge on any atom is -0.480 e. The molecule has 1 aromatic carbocycles. The third-order valence-corrected chi connectivity index (χ3v) is 5.68. The Hall–Kier alpha value is -2.25. The Morgan fingerprint density at radius 3 is 2.80 bits per heavy atom. The van der Waals surface area contributed by atoms with Gasteiger partial charge in [-0.2, -0.15) is 0 Å². The highest BCUT2D eigenvalue weighted by atomic mass is 32.1. The van der Waals surface area contributed by atoms with Crippen molar-refractivity contribution in [3.63, 3.8) is 0 Å². The van der Waals surface area contributed by atoms with E-state index in [2.05, 4.69) is 4.98 Å². The standard InChI is InChI=1S/C18H18N2O4S/c21-17(13-10-25-16(19-13)15-6-3-7-24-15)20-9-12-5-2-1-4-11(12)8-14(20)18(22)23/h1-2,4-5,10,14-15H,3,6-9H2,(H,22,23). The molecule has 0 bridgehead atoms. The highest BCUT2D eigenvalue weighted by molar-refractivity contribution is 7.09. The highest BCUT2D eigenvalue weighted by Crippen LogP contribution is 2.31. The van der Waals surface area contributed by atoms with E-state index in [0.717, 1.165) is 35.6 Å². The predicted molar refractivity (Wildman–Crippen MR) is 91.5 cm³/mol. The Labute approximate surface area is 149 Å². The van der Waals surface area contributed by atoms with Crippen molar-refractivity contribution in [3.8, 4) is 0 Å². The van der Waals surface area contributed by atoms with Gasteiger partial charge in [-0.15, -0.1) is 11.3 Å². The molecule has 1 aromatic heterocycles. The zero-order chi connectivity index (χ0) is 17.4. The first kappa shape index (κ1) is 16.2. The van der Waals surface area contributed by atoms with E-state index in [4.69, 9.17) is 4.74 Å². The summed E-state index contributed by atoms with van der Waals surface area (Å²) in [6, 6.07) is 6.79. The Morgan fingerprint density at radius 2 is 2.08 bits per heavy atom. The number of rotatable bonds is 3. The van der Waals surface area contributed by atoms with Crippen molar-refractivity contribution in [2.24, 2.45) is 0 Å². The van der Waals surface area contributed by atoms with E-state index in [0.29, 0.717) is 18.7 Å². The van der Waals surface area contributed by atoms with Crippen LogP contribution in [0.4, 0.5) is 0 Å². The third-order valence-electron chi connectivity index (χ3n) is 4.74. The van der Waals surface area contributed by atoms with Gasteiger partial charge in [0.2, 0.25) is 0 Å². The first-order chi connectivity index (χ1) is 12.1. The van der Waals surface area contributed by atoms with Gasteiger partial charge in [-0.1, -0.05) is 24.3 Å². The molecule has 0 radical (unpaired) electrons. The zero-order valence-corrected chi connectivity index (χ0v) is 14.4. The van der Waals surface area contributed by atoms with E-state index in [1.165, 1.54) is 16.2 Å². The van der Waals surface area contributed by atoms with E-state index >= 15 is 0 Å². The molecular weight excluding hydrogens is 340 g/mol. The molecule has 1 saturated heterocycles. The van der Waals surface area contributed by atoms with Gasteiger partial charge >= 0.3 is 5.97 Å². The van der Waals surface area contributed by atoms with Crippen LogP contribution in [0.15, 0.2) is 29.6 Å². The minimum absolute atomic E-state index is 0.0381. The molecule has 0 saturated carbocycles. The van der Waals surface area contributed by atoms with Gasteiger partial charge < -0.3 is 14.7 Å². The van der Waals surface area contributed by atoms with Crippen LogP contribution in [-0.2, 0) is 22.5 Å². The van der Waals surface area contributed by atoms with E-state index in [-0.39, 0.29) is 12.0 Å². The van der Waals surface area contributed by atoms with Crippen LogP contribution < -0.4 is 0 Å². The number of nitrogens with zero attached hydrogens (tertiary/aromatic N) is 2. The van der Waals surface area contributed by atoms with Crippen molar-refractivity contribution in [2.45, 2.75) is 38.0 Å². The fraction of sp³-hybridized carbons (Fsp3) is 0.389. The van der Waals surface area contributed by atoms with Gasteiger partial charge in [0.15, 0.2) is 0 Å². The highest BCUT2D eigenvalue weighted by Gasteiger charge is 2.36. The molecule has 2 aromatic rings. The number of fused-ring (bicyclic) bond motifs is 1. The average Bonchev–Trinajstić information content (AvgIpc) is 3.31. The van der Waals surface area contributed by atoms with Crippen molar-refractivity contribution in [2.75, 3.05) is 6.61 Å². The maximum Gasteiger partial charge on any atom is 0.326 e. The van der Waals surface area contributed by atoms with Crippen LogP contribution in [0.3, 0.4) is 0 Å². The number of hydrogen-bond acceptors (Lipinski definition) is 5. The number of benzene rings is 1. The van der Waals surface area contributed by atoms with Crippen LogP contribution in [-0.4, -0.2) is 39.5 Å². The number of ether oxygens (including phenoxy) is 1. The lowest BCUT2D eigenvalue weighted by atomic mass is 9.94. The largest absolute Gasteiger partial charge is 0.480 e. The molecule has 4 rings (SSSR count). The van der Waals surface area contributed by atoms with Crippen molar-refractivity contribution >= 4 is 23.2 Å². The second-order valence-electron chi connectivity index (χ2n) is 6.33. The number of thiazole rings is 1. The molecule has 2 atom stereocenters. The fourth-order valence-corrected chi connectivity index (χ4v) is 4.28. The van der Waals surface area contributed by atoms with Crippen molar-refractivity contribution in [1.82, 2.24) is 9.88 Å². The third kappa shape index (κ3) is 3.05. The summed E-state index contributed by atoms with van der Waals surface area (Å²) >= 11 is 1.40. The lowest BCUT2D eigenvalue weighted by Crippen LogP contribution is -2.48. The molecule has 130 valence electrons. The minimum atomic E-state index is -0.988. The van der Waals surface area contributed by atoms with Crippen LogP contribution in [0.2, 0.25) is 0 Å². The number of amides is 1. The smallest absolute Gasteiger partial charge is 0.326 e. The monoisotopic (exact) mass is 358 g/mol. The van der Waals surface area contributed by atoms with Gasteiger partial charge in [0.25, 0.3) is 5.91 Å². The quantitative estimate of drug-likeness (QED) is 0.912. The summed E-state index contributed by atoms with van der Waals surface area (Å²) in [6.45, 7) is 1.01. The molecule has 2 aliphatic rings. The number of carboxylic acid groups (broad SMARTS) is 1. The first-order valence-electron chi connectivity index (χ1n) is 8.31. The van der Waals surface area contributed by atoms with E-state index < -0.39 is 12.0 Å². The maximum atomic E-state index is 12.9. The molecule has 3 heterocycles. The summed E-state index contributed by atoms with van der Waals surface area (Å²) in [5.74, 6) is -1.32. The van der Waals surface area contributed by atoms with Crippen molar-refractivity contribution < 1.29 is 19.4 Å². The topological polar surface area (TPSA) is 79.7 Å². The second-order valence-corrected chi connectivity index (χ2v) is 7.22. The zero-order valence-electron chi connectivity index (χ0n) is 13.6. The van der Waals surface area contributed by atoms with Gasteiger partial charge in [-0.3, -0.25) is 4.79 Å². The Balaban J connectivity index is 1.60. The van der Waals surface area contributed by atoms with Crippen LogP contribution in [0.25, 0.3) is 0 Å². The van der Waals surface area contributed by atoms with E-state index in [1.807, 2.05) is 24.3 Å². The van der Waals surface area contributed by atoms with Gasteiger partial charge in [0.1, 0.15) is 22.8 Å². The fourth-order valence-electron chi connectivity index (χ4n) is 3.41. The molecule has 1 amide bonds. The van der Waals surface area contributed by atoms with Crippen LogP contribution in [0.1, 0.15) is 45.6 Å². The normalized spacial score (nSPS) is 22.6. The molecule has 0 aliphatic carbocycles. The molecule has 2 aliphatic heterocycles. The first-order valence-corrected chi connectivity index (χ1v) is 9.19. The van der Waals surface area contributed by atoms with Gasteiger partial charge in [-0.25, -0.2) is 9.78 Å². The molecule has 7 heteroatoms. The lowest BCUT2D eigenvalue weighted by molar-refractivity contribution is -0.142. The molecule has 25 heavy (non-hydrogen) atoms. The van der Waals surface area contributed by atoms with E-state index in [9.17, 15) is 14.7 Å². The summed E-state index contributed by atoms with van der Waals surface area (Å²) in [5.41, 5.74) is 2.28. The maximum absolute atomic E-state index is 12.9. The molecular formula is C18H18N2O4S. The lowest BCUT2D eigenvalue weighted by Gasteiger charge is -2.34. The Kier molecular flexibility index (Phi) is 4.27. The average molecular weight is 358 g/mol. The number of hydrogen-bond donors (Lipinski definition) is 1. The van der Waals surface area contributed by atoms with Gasteiger partial charge in [-0.05, 0) is 24.0 Å². The summed E-state index contributed by atoms with van der Waals surface area (Å²) in [7, 11) is 0. The van der Waals surface area contributed by atoms with Gasteiger partial charge in [0.05, 0.1) is 0 Å². The number of aliphatic carboxylic acids is 1. The molecule has 1 N–H and O–H groups in total. The van der Waals surface area contributed by atoms with E-state index in [1.54, 1.807) is 5.38 Å². The number of carbonyl (C=O) groups is 2. The molecule has 6 nitrogen and oxygen atoms in total. The summed E-state index contributed by atoms with van der Waals surface area (Å²) in [6.07, 6.45) is 2.19. The predicted octanol–water partition coefficient (Wildman–Crippen LogP) is 2.65. The number of carbonyl (C=O) groups excluding carboxylic acids is 1. The van der Waals surface area contributed by atoms with Crippen LogP contribution >= 0.6 is 11.3 Å². The number of aromatic nitrogens is 1. The molecule has 1 fully saturated rings. The Bertz CT molecular complexity index is 813. The second kappa shape index (κ2) is 6.57. The van der Waals surface area contributed by atoms with Crippen molar-refractivity contribution in [1.29, 1.82) is 0 Å². The summed E-state index contributed by atoms with van der Waals surface area (Å²) in [5, 5.41) is 12.1. The summed E-state index contributed by atoms with van der Waals surface area (Å²) in [4.78, 5) is 30.5. The Morgan fingerprint density at radius 1 is 1.28 bits per heavy atom. The number of carboxylic acids is 1. The molecule has 2 unspecified atom stereocenters. The SMILES string of the molecule is O=C(O)C1Cc2ccccc2CN1C(=O)c1csc(C2CCCO2)n1. The van der Waals surface area contributed by atoms with Crippen LogP contribution in [0, 0.1) is 0 Å². The van der Waals surface area contributed by atoms with Gasteiger partial charge in [0, 0.05) is 25.0 Å². The molecule has 0 spiro atoms.